The van der Waals surface area contributed by atoms with Gasteiger partial charge < -0.3 is 14.7 Å². The van der Waals surface area contributed by atoms with Gasteiger partial charge in [0.15, 0.2) is 0 Å². The second-order valence-electron chi connectivity index (χ2n) is 5.73. The van der Waals surface area contributed by atoms with E-state index in [1.54, 1.807) is 6.20 Å². The summed E-state index contributed by atoms with van der Waals surface area (Å²) in [5.74, 6) is -1.43. The van der Waals surface area contributed by atoms with Crippen molar-refractivity contribution >= 4 is 18.0 Å². The first-order valence-electron chi connectivity index (χ1n) is 7.34. The smallest absolute Gasteiger partial charge is 0.410 e. The number of nitrogens with zero attached hydrogens (tertiary/aromatic N) is 3. The number of amides is 2. The maximum atomic E-state index is 12.2. The van der Waals surface area contributed by atoms with Crippen LogP contribution < -0.4 is 0 Å². The third-order valence-electron chi connectivity index (χ3n) is 4.16. The van der Waals surface area contributed by atoms with Crippen LogP contribution in [0, 0.1) is 0 Å². The van der Waals surface area contributed by atoms with Crippen LogP contribution in [0.1, 0.15) is 24.6 Å². The normalized spacial score (nSPS) is 22.8. The van der Waals surface area contributed by atoms with Crippen molar-refractivity contribution in [2.75, 3.05) is 6.54 Å². The SMILES string of the molecule is CC(=O)N1C[C@H](OC(=O)N2Cc3cccnc3C2)C[C@H]1C(=O)O. The Balaban J connectivity index is 1.61. The molecular formula is C15H17N3O5. The number of aliphatic carboxylic acids is 1. The summed E-state index contributed by atoms with van der Waals surface area (Å²) in [6, 6.07) is 2.78. The molecule has 0 spiro atoms. The topological polar surface area (TPSA) is 100 Å². The number of hydrogen-bond donors (Lipinski definition) is 1. The third-order valence-corrected chi connectivity index (χ3v) is 4.16. The summed E-state index contributed by atoms with van der Waals surface area (Å²) >= 11 is 0. The Morgan fingerprint density at radius 2 is 2.13 bits per heavy atom. The fourth-order valence-electron chi connectivity index (χ4n) is 3.01. The summed E-state index contributed by atoms with van der Waals surface area (Å²) in [6.07, 6.45) is 0.665. The standard InChI is InChI=1S/C15H17N3O5/c1-9(19)18-7-11(5-13(18)14(20)21)23-15(22)17-6-10-3-2-4-16-12(10)8-17/h2-4,11,13H,5-8H2,1H3,(H,20,21)/t11-,13+/m1/s1. The summed E-state index contributed by atoms with van der Waals surface area (Å²) in [4.78, 5) is 41.9. The summed E-state index contributed by atoms with van der Waals surface area (Å²) < 4.78 is 5.39. The van der Waals surface area contributed by atoms with Crippen LogP contribution in [0.4, 0.5) is 4.79 Å². The van der Waals surface area contributed by atoms with Crippen LogP contribution in [0.25, 0.3) is 0 Å². The van der Waals surface area contributed by atoms with Gasteiger partial charge in [0, 0.05) is 19.5 Å². The van der Waals surface area contributed by atoms with Gasteiger partial charge in [0.25, 0.3) is 0 Å². The zero-order chi connectivity index (χ0) is 16.6. The molecule has 3 heterocycles. The molecule has 1 aromatic rings. The van der Waals surface area contributed by atoms with Gasteiger partial charge in [-0.1, -0.05) is 6.07 Å². The molecule has 0 saturated carbocycles. The largest absolute Gasteiger partial charge is 0.480 e. The lowest BCUT2D eigenvalue weighted by molar-refractivity contribution is -0.147. The molecule has 8 nitrogen and oxygen atoms in total. The molecule has 1 N–H and O–H groups in total. The van der Waals surface area contributed by atoms with Crippen LogP contribution in [0.5, 0.6) is 0 Å². The van der Waals surface area contributed by atoms with Gasteiger partial charge in [-0.25, -0.2) is 9.59 Å². The number of likely N-dealkylation sites (tertiary alicyclic amines) is 1. The second kappa shape index (κ2) is 5.86. The molecule has 23 heavy (non-hydrogen) atoms. The average Bonchev–Trinajstić information content (AvgIpc) is 3.10. The molecule has 0 radical (unpaired) electrons. The lowest BCUT2D eigenvalue weighted by Gasteiger charge is -2.19. The van der Waals surface area contributed by atoms with Gasteiger partial charge in [0.1, 0.15) is 12.1 Å². The fraction of sp³-hybridized carbons (Fsp3) is 0.467. The molecule has 122 valence electrons. The summed E-state index contributed by atoms with van der Waals surface area (Å²) in [7, 11) is 0. The molecule has 1 saturated heterocycles. The van der Waals surface area contributed by atoms with E-state index in [9.17, 15) is 14.4 Å². The van der Waals surface area contributed by atoms with E-state index in [0.717, 1.165) is 11.3 Å². The van der Waals surface area contributed by atoms with Gasteiger partial charge in [-0.2, -0.15) is 0 Å². The first-order valence-corrected chi connectivity index (χ1v) is 7.34. The number of carbonyl (C=O) groups is 3. The number of ether oxygens (including phenoxy) is 1. The zero-order valence-electron chi connectivity index (χ0n) is 12.6. The van der Waals surface area contributed by atoms with Crippen molar-refractivity contribution in [3.05, 3.63) is 29.6 Å². The first-order chi connectivity index (χ1) is 11.0. The van der Waals surface area contributed by atoms with E-state index in [1.165, 1.54) is 16.7 Å². The second-order valence-corrected chi connectivity index (χ2v) is 5.73. The molecular weight excluding hydrogens is 302 g/mol. The van der Waals surface area contributed by atoms with Crippen molar-refractivity contribution < 1.29 is 24.2 Å². The molecule has 2 amide bonds. The third kappa shape index (κ3) is 2.96. The Morgan fingerprint density at radius 3 is 2.74 bits per heavy atom. The highest BCUT2D eigenvalue weighted by molar-refractivity contribution is 5.83. The molecule has 2 atom stereocenters. The molecule has 0 unspecified atom stereocenters. The van der Waals surface area contributed by atoms with Crippen molar-refractivity contribution in [2.45, 2.75) is 38.6 Å². The minimum atomic E-state index is -1.09. The molecule has 8 heteroatoms. The van der Waals surface area contributed by atoms with E-state index in [1.807, 2.05) is 12.1 Å². The molecule has 3 rings (SSSR count). The van der Waals surface area contributed by atoms with Gasteiger partial charge in [0.2, 0.25) is 5.91 Å². The van der Waals surface area contributed by atoms with Crippen molar-refractivity contribution in [3.63, 3.8) is 0 Å². The van der Waals surface area contributed by atoms with Crippen molar-refractivity contribution in [1.29, 1.82) is 0 Å². The maximum Gasteiger partial charge on any atom is 0.410 e. The summed E-state index contributed by atoms with van der Waals surface area (Å²) in [6.45, 7) is 2.22. The maximum absolute atomic E-state index is 12.2. The summed E-state index contributed by atoms with van der Waals surface area (Å²) in [5.41, 5.74) is 1.81. The molecule has 0 aromatic carbocycles. The molecule has 1 fully saturated rings. The Kier molecular flexibility index (Phi) is 3.89. The van der Waals surface area contributed by atoms with Crippen molar-refractivity contribution in [3.8, 4) is 0 Å². The van der Waals surface area contributed by atoms with Gasteiger partial charge in [-0.05, 0) is 11.6 Å². The zero-order valence-corrected chi connectivity index (χ0v) is 12.6. The van der Waals surface area contributed by atoms with Gasteiger partial charge in [0.05, 0.1) is 25.3 Å². The van der Waals surface area contributed by atoms with Crippen LogP contribution >= 0.6 is 0 Å². The number of fused-ring (bicyclic) bond motifs is 1. The van der Waals surface area contributed by atoms with Crippen LogP contribution in [0.15, 0.2) is 18.3 Å². The highest BCUT2D eigenvalue weighted by Gasteiger charge is 2.41. The van der Waals surface area contributed by atoms with E-state index in [0.29, 0.717) is 13.1 Å². The molecule has 1 aromatic heterocycles. The summed E-state index contributed by atoms with van der Waals surface area (Å²) in [5, 5.41) is 9.16. The number of carbonyl (C=O) groups excluding carboxylic acids is 2. The Labute approximate surface area is 132 Å². The number of pyridine rings is 1. The predicted molar refractivity (Wildman–Crippen MR) is 77.2 cm³/mol. The average molecular weight is 319 g/mol. The fourth-order valence-corrected chi connectivity index (χ4v) is 3.01. The van der Waals surface area contributed by atoms with Crippen LogP contribution in [-0.2, 0) is 27.4 Å². The van der Waals surface area contributed by atoms with Crippen LogP contribution in [-0.4, -0.2) is 56.6 Å². The number of aromatic nitrogens is 1. The lowest BCUT2D eigenvalue weighted by atomic mass is 10.2. The molecule has 0 bridgehead atoms. The van der Waals surface area contributed by atoms with E-state index in [-0.39, 0.29) is 18.9 Å². The van der Waals surface area contributed by atoms with E-state index in [4.69, 9.17) is 9.84 Å². The van der Waals surface area contributed by atoms with Gasteiger partial charge in [-0.15, -0.1) is 0 Å². The highest BCUT2D eigenvalue weighted by Crippen LogP contribution is 2.25. The first kappa shape index (κ1) is 15.3. The van der Waals surface area contributed by atoms with Crippen molar-refractivity contribution in [1.82, 2.24) is 14.8 Å². The van der Waals surface area contributed by atoms with Crippen molar-refractivity contribution in [2.24, 2.45) is 0 Å². The van der Waals surface area contributed by atoms with Crippen LogP contribution in [0.2, 0.25) is 0 Å². The molecule has 2 aliphatic rings. The minimum Gasteiger partial charge on any atom is -0.480 e. The van der Waals surface area contributed by atoms with Gasteiger partial charge in [-0.3, -0.25) is 14.7 Å². The molecule has 2 aliphatic heterocycles. The molecule has 0 aliphatic carbocycles. The lowest BCUT2D eigenvalue weighted by Crippen LogP contribution is -2.39. The highest BCUT2D eigenvalue weighted by atomic mass is 16.6. The number of carboxylic acid groups (broad SMARTS) is 1. The minimum absolute atomic E-state index is 0.108. The number of carboxylic acids is 1. The monoisotopic (exact) mass is 319 g/mol. The van der Waals surface area contributed by atoms with E-state index >= 15 is 0 Å². The predicted octanol–water partition coefficient (Wildman–Crippen LogP) is 0.608. The quantitative estimate of drug-likeness (QED) is 0.857. The Hall–Kier alpha value is -2.64. The number of hydrogen-bond acceptors (Lipinski definition) is 5. The van der Waals surface area contributed by atoms with Gasteiger partial charge >= 0.3 is 12.1 Å². The van der Waals surface area contributed by atoms with Crippen LogP contribution in [0.3, 0.4) is 0 Å². The Morgan fingerprint density at radius 1 is 1.35 bits per heavy atom. The Bertz CT molecular complexity index is 615. The van der Waals surface area contributed by atoms with E-state index in [2.05, 4.69) is 4.98 Å². The van der Waals surface area contributed by atoms with E-state index < -0.39 is 24.2 Å². The number of rotatable bonds is 2.